The molecule has 6 nitrogen and oxygen atoms in total. The van der Waals surface area contributed by atoms with Crippen LogP contribution in [0.5, 0.6) is 0 Å². The molecule has 12 heteroatoms. The predicted octanol–water partition coefficient (Wildman–Crippen LogP) is 5.21. The number of ketones is 1. The summed E-state index contributed by atoms with van der Waals surface area (Å²) < 4.78 is 70.7. The van der Waals surface area contributed by atoms with Gasteiger partial charge in [-0.3, -0.25) is 4.79 Å². The van der Waals surface area contributed by atoms with Crippen molar-refractivity contribution in [1.82, 2.24) is 9.29 Å². The maximum atomic E-state index is 12.9. The highest BCUT2D eigenvalue weighted by Gasteiger charge is 2.37. The molecule has 0 N–H and O–H groups in total. The Kier molecular flexibility index (Phi) is 6.50. The van der Waals surface area contributed by atoms with E-state index in [0.29, 0.717) is 15.6 Å². The lowest BCUT2D eigenvalue weighted by atomic mass is 10.1. The first kappa shape index (κ1) is 23.7. The average Bonchev–Trinajstić information content (AvgIpc) is 3.52. The smallest absolute Gasteiger partial charge is 0.416 e. The molecule has 0 radical (unpaired) electrons. The molecule has 3 heterocycles. The fourth-order valence-electron chi connectivity index (χ4n) is 3.34. The number of rotatable bonds is 7. The van der Waals surface area contributed by atoms with Crippen LogP contribution in [-0.4, -0.2) is 36.1 Å². The summed E-state index contributed by atoms with van der Waals surface area (Å²) in [5.74, 6) is -0.107. The lowest BCUT2D eigenvalue weighted by Gasteiger charge is -2.22. The molecule has 0 saturated heterocycles. The third-order valence-corrected chi connectivity index (χ3v) is 8.55. The number of thiophene rings is 1. The largest absolute Gasteiger partial charge is 0.448 e. The monoisotopic (exact) mass is 516 g/mol. The molecule has 0 fully saturated rings. The van der Waals surface area contributed by atoms with Crippen molar-refractivity contribution in [2.45, 2.75) is 29.3 Å². The number of aryl methyl sites for hydroxylation is 1. The zero-order chi connectivity index (χ0) is 23.8. The fourth-order valence-corrected chi connectivity index (χ4v) is 6.47. The number of halogens is 4. The number of carbonyl (C=O) groups is 1. The van der Waals surface area contributed by atoms with Crippen LogP contribution in [0.3, 0.4) is 0 Å². The number of benzene rings is 1. The quantitative estimate of drug-likeness (QED) is 0.403. The zero-order valence-electron chi connectivity index (χ0n) is 16.8. The maximum absolute atomic E-state index is 12.9. The maximum Gasteiger partial charge on any atom is 0.416 e. The molecule has 0 spiro atoms. The molecule has 33 heavy (non-hydrogen) atoms. The number of sulfonamides is 1. The number of oxazole rings is 1. The van der Waals surface area contributed by atoms with Crippen molar-refractivity contribution in [3.8, 4) is 11.3 Å². The minimum Gasteiger partial charge on any atom is -0.448 e. The Morgan fingerprint density at radius 2 is 1.94 bits per heavy atom. The summed E-state index contributed by atoms with van der Waals surface area (Å²) >= 11 is 6.77. The standard InChI is InChI=1S/C21H16ClF3N2O4S2/c22-18-8-10-20(32-18)33(29,30)27-11-1-2-16(27)17(28)7-9-19-26-15(12-31-19)13-3-5-14(6-4-13)21(23,24)25/h1-6,8,10,12,16H,7,9,11H2/t16-/m0/s1. The topological polar surface area (TPSA) is 80.5 Å². The Hall–Kier alpha value is -2.47. The van der Waals surface area contributed by atoms with E-state index in [-0.39, 0.29) is 35.3 Å². The van der Waals surface area contributed by atoms with Gasteiger partial charge < -0.3 is 4.42 Å². The van der Waals surface area contributed by atoms with Crippen molar-refractivity contribution in [3.63, 3.8) is 0 Å². The SMILES string of the molecule is O=C(CCc1nc(-c2ccc(C(F)(F)F)cc2)co1)[C@@H]1C=CCN1S(=O)(=O)c1ccc(Cl)s1. The molecule has 2 aromatic heterocycles. The summed E-state index contributed by atoms with van der Waals surface area (Å²) in [6, 6.07) is 6.43. The molecule has 0 aliphatic carbocycles. The predicted molar refractivity (Wildman–Crippen MR) is 116 cm³/mol. The van der Waals surface area contributed by atoms with E-state index in [1.807, 2.05) is 0 Å². The van der Waals surface area contributed by atoms with Crippen LogP contribution in [0.2, 0.25) is 4.34 Å². The minimum atomic E-state index is -4.43. The van der Waals surface area contributed by atoms with Gasteiger partial charge in [-0.1, -0.05) is 35.9 Å². The fraction of sp³-hybridized carbons (Fsp3) is 0.238. The van der Waals surface area contributed by atoms with Gasteiger partial charge in [0.05, 0.1) is 9.90 Å². The van der Waals surface area contributed by atoms with Gasteiger partial charge in [-0.05, 0) is 24.3 Å². The van der Waals surface area contributed by atoms with Crippen molar-refractivity contribution in [1.29, 1.82) is 0 Å². The van der Waals surface area contributed by atoms with Crippen LogP contribution in [0.15, 0.2) is 63.4 Å². The molecule has 1 aromatic carbocycles. The number of Topliss-reactive ketones (excluding diaryl/α,β-unsaturated/α-hetero) is 1. The number of aromatic nitrogens is 1. The molecule has 1 aliphatic rings. The summed E-state index contributed by atoms with van der Waals surface area (Å²) in [5, 5.41) is 0. The van der Waals surface area contributed by atoms with Gasteiger partial charge >= 0.3 is 6.18 Å². The van der Waals surface area contributed by atoms with Gasteiger partial charge in [-0.15, -0.1) is 11.3 Å². The van der Waals surface area contributed by atoms with Crippen LogP contribution in [0, 0.1) is 0 Å². The van der Waals surface area contributed by atoms with Crippen molar-refractivity contribution in [2.24, 2.45) is 0 Å². The molecule has 1 atom stereocenters. The Labute approximate surface area is 196 Å². The third kappa shape index (κ3) is 5.06. The Balaban J connectivity index is 1.41. The Morgan fingerprint density at radius 1 is 1.21 bits per heavy atom. The Morgan fingerprint density at radius 3 is 2.58 bits per heavy atom. The van der Waals surface area contributed by atoms with E-state index in [0.717, 1.165) is 27.8 Å². The highest BCUT2D eigenvalue weighted by atomic mass is 35.5. The van der Waals surface area contributed by atoms with Crippen LogP contribution < -0.4 is 0 Å². The van der Waals surface area contributed by atoms with Crippen molar-refractivity contribution in [3.05, 3.63) is 70.6 Å². The van der Waals surface area contributed by atoms with E-state index >= 15 is 0 Å². The van der Waals surface area contributed by atoms with Gasteiger partial charge in [0.15, 0.2) is 11.7 Å². The molecule has 174 valence electrons. The summed E-state index contributed by atoms with van der Waals surface area (Å²) in [7, 11) is -3.88. The zero-order valence-corrected chi connectivity index (χ0v) is 19.1. The van der Waals surface area contributed by atoms with E-state index < -0.39 is 27.8 Å². The Bertz CT molecular complexity index is 1300. The van der Waals surface area contributed by atoms with Gasteiger partial charge in [0, 0.05) is 24.9 Å². The van der Waals surface area contributed by atoms with Gasteiger partial charge in [0.1, 0.15) is 22.2 Å². The summed E-state index contributed by atoms with van der Waals surface area (Å²) in [5.41, 5.74) is 0.00940. The summed E-state index contributed by atoms with van der Waals surface area (Å²) in [4.78, 5) is 17.0. The number of hydrogen-bond acceptors (Lipinski definition) is 6. The first-order valence-corrected chi connectivity index (χ1v) is 12.3. The van der Waals surface area contributed by atoms with E-state index in [1.165, 1.54) is 36.6 Å². The van der Waals surface area contributed by atoms with E-state index in [9.17, 15) is 26.4 Å². The molecule has 1 aliphatic heterocycles. The van der Waals surface area contributed by atoms with Crippen molar-refractivity contribution >= 4 is 38.7 Å². The van der Waals surface area contributed by atoms with Gasteiger partial charge in [0.2, 0.25) is 0 Å². The highest BCUT2D eigenvalue weighted by molar-refractivity contribution is 7.91. The number of hydrogen-bond donors (Lipinski definition) is 0. The van der Waals surface area contributed by atoms with E-state index in [1.54, 1.807) is 6.08 Å². The lowest BCUT2D eigenvalue weighted by molar-refractivity contribution is -0.137. The molecule has 0 bridgehead atoms. The lowest BCUT2D eigenvalue weighted by Crippen LogP contribution is -2.40. The van der Waals surface area contributed by atoms with Crippen LogP contribution in [0.25, 0.3) is 11.3 Å². The summed E-state index contributed by atoms with van der Waals surface area (Å²) in [6.07, 6.45) is 0.109. The molecule has 0 saturated carbocycles. The van der Waals surface area contributed by atoms with Crippen LogP contribution in [-0.2, 0) is 27.4 Å². The van der Waals surface area contributed by atoms with E-state index in [4.69, 9.17) is 16.0 Å². The van der Waals surface area contributed by atoms with Crippen molar-refractivity contribution in [2.75, 3.05) is 6.54 Å². The average molecular weight is 517 g/mol. The van der Waals surface area contributed by atoms with E-state index in [2.05, 4.69) is 4.98 Å². The highest BCUT2D eigenvalue weighted by Crippen LogP contribution is 2.32. The second kappa shape index (κ2) is 9.05. The summed E-state index contributed by atoms with van der Waals surface area (Å²) in [6.45, 7) is 0.0747. The van der Waals surface area contributed by atoms with Crippen LogP contribution >= 0.6 is 22.9 Å². The normalized spacial score (nSPS) is 17.0. The molecule has 0 unspecified atom stereocenters. The molecular formula is C21H16ClF3N2O4S2. The number of alkyl halides is 3. The first-order valence-electron chi connectivity index (χ1n) is 9.64. The number of nitrogens with zero attached hydrogens (tertiary/aromatic N) is 2. The molecule has 0 amide bonds. The van der Waals surface area contributed by atoms with Crippen LogP contribution in [0.4, 0.5) is 13.2 Å². The second-order valence-corrected chi connectivity index (χ2v) is 11.0. The molecule has 4 rings (SSSR count). The second-order valence-electron chi connectivity index (χ2n) is 7.17. The van der Waals surface area contributed by atoms with Gasteiger partial charge in [-0.2, -0.15) is 17.5 Å². The van der Waals surface area contributed by atoms with Gasteiger partial charge in [0.25, 0.3) is 10.0 Å². The molecular weight excluding hydrogens is 501 g/mol. The molecule has 3 aromatic rings. The minimum absolute atomic E-state index is 0.0286. The van der Waals surface area contributed by atoms with Gasteiger partial charge in [-0.25, -0.2) is 13.4 Å². The third-order valence-electron chi connectivity index (χ3n) is 5.00. The van der Waals surface area contributed by atoms with Crippen LogP contribution in [0.1, 0.15) is 17.9 Å². The number of carbonyl (C=O) groups excluding carboxylic acids is 1. The first-order chi connectivity index (χ1) is 15.6. The van der Waals surface area contributed by atoms with Crippen molar-refractivity contribution < 1.29 is 30.8 Å².